The number of hydrogen-bond acceptors (Lipinski definition) is 5. The fourth-order valence-corrected chi connectivity index (χ4v) is 10.5. The Hall–Kier alpha value is -7.93. The van der Waals surface area contributed by atoms with Crippen LogP contribution in [0, 0.1) is 0 Å². The molecule has 5 nitrogen and oxygen atoms in total. The third kappa shape index (κ3) is 5.22. The predicted octanol–water partition coefficient (Wildman–Crippen LogP) is 15.1. The van der Waals surface area contributed by atoms with Crippen molar-refractivity contribution in [3.63, 3.8) is 0 Å². The third-order valence-electron chi connectivity index (χ3n) is 12.1. The lowest BCUT2D eigenvalue weighted by atomic mass is 9.98. The quantitative estimate of drug-likeness (QED) is 0.174. The molecule has 0 radical (unpaired) electrons. The standard InChI is InChI=1S/C55H32N4OS/c1-3-14-33(15-4-1)34-26-28-36(29-27-34)54-56-53(35-16-5-2-6-17-35)57-55(58-54)43-22-13-21-42-46(32-44-38-19-8-11-24-47(38)60-51(44)49(42)43)59-45-23-10-7-18-37(45)40-30-31-41-39-20-9-12-25-48(39)61-52(41)50(40)59/h1-32H. The molecule has 13 aromatic rings. The van der Waals surface area contributed by atoms with Gasteiger partial charge in [0.25, 0.3) is 0 Å². The Morgan fingerprint density at radius 1 is 0.410 bits per heavy atom. The van der Waals surface area contributed by atoms with Crippen molar-refractivity contribution < 1.29 is 4.42 Å². The molecule has 0 amide bonds. The Kier molecular flexibility index (Phi) is 7.41. The molecule has 0 N–H and O–H groups in total. The van der Waals surface area contributed by atoms with Crippen LogP contribution in [0.2, 0.25) is 0 Å². The van der Waals surface area contributed by atoms with Crippen LogP contribution < -0.4 is 0 Å². The van der Waals surface area contributed by atoms with E-state index in [2.05, 4.69) is 168 Å². The highest BCUT2D eigenvalue weighted by Gasteiger charge is 2.24. The summed E-state index contributed by atoms with van der Waals surface area (Å²) in [6, 6.07) is 68.3. The second-order valence-electron chi connectivity index (χ2n) is 15.5. The van der Waals surface area contributed by atoms with Crippen LogP contribution in [0.3, 0.4) is 0 Å². The van der Waals surface area contributed by atoms with Crippen molar-refractivity contribution in [2.24, 2.45) is 0 Å². The molecule has 6 heteroatoms. The van der Waals surface area contributed by atoms with Crippen LogP contribution in [0.25, 0.3) is 126 Å². The highest BCUT2D eigenvalue weighted by atomic mass is 32.1. The van der Waals surface area contributed by atoms with E-state index in [0.29, 0.717) is 17.5 Å². The highest BCUT2D eigenvalue weighted by molar-refractivity contribution is 7.26. The lowest BCUT2D eigenvalue weighted by molar-refractivity contribution is 0.672. The van der Waals surface area contributed by atoms with E-state index in [-0.39, 0.29) is 0 Å². The largest absolute Gasteiger partial charge is 0.455 e. The summed E-state index contributed by atoms with van der Waals surface area (Å²) in [6.07, 6.45) is 0. The predicted molar refractivity (Wildman–Crippen MR) is 254 cm³/mol. The van der Waals surface area contributed by atoms with Crippen LogP contribution in [0.1, 0.15) is 0 Å². The second-order valence-corrected chi connectivity index (χ2v) is 16.6. The Balaban J connectivity index is 1.13. The summed E-state index contributed by atoms with van der Waals surface area (Å²) in [7, 11) is 0. The topological polar surface area (TPSA) is 56.7 Å². The lowest BCUT2D eigenvalue weighted by Gasteiger charge is -2.15. The summed E-state index contributed by atoms with van der Waals surface area (Å²) in [5, 5.41) is 9.07. The van der Waals surface area contributed by atoms with Gasteiger partial charge in [-0.15, -0.1) is 11.3 Å². The summed E-state index contributed by atoms with van der Waals surface area (Å²) >= 11 is 1.86. The van der Waals surface area contributed by atoms with Gasteiger partial charge in [-0.1, -0.05) is 170 Å². The molecule has 0 aliphatic heterocycles. The molecule has 0 fully saturated rings. The zero-order chi connectivity index (χ0) is 40.0. The van der Waals surface area contributed by atoms with Gasteiger partial charge in [-0.25, -0.2) is 15.0 Å². The van der Waals surface area contributed by atoms with E-state index < -0.39 is 0 Å². The zero-order valence-corrected chi connectivity index (χ0v) is 33.4. The number of furan rings is 1. The van der Waals surface area contributed by atoms with Crippen LogP contribution >= 0.6 is 11.3 Å². The number of para-hydroxylation sites is 2. The molecule has 0 aliphatic carbocycles. The smallest absolute Gasteiger partial charge is 0.164 e. The van der Waals surface area contributed by atoms with E-state index in [9.17, 15) is 0 Å². The molecule has 0 saturated carbocycles. The van der Waals surface area contributed by atoms with E-state index in [1.807, 2.05) is 41.7 Å². The van der Waals surface area contributed by atoms with E-state index in [0.717, 1.165) is 71.7 Å². The van der Waals surface area contributed by atoms with Gasteiger partial charge in [0.1, 0.15) is 11.2 Å². The molecule has 4 aromatic heterocycles. The summed E-state index contributed by atoms with van der Waals surface area (Å²) in [5.41, 5.74) is 10.0. The maximum absolute atomic E-state index is 6.89. The molecule has 284 valence electrons. The normalized spacial score (nSPS) is 11.9. The number of thiophene rings is 1. The minimum absolute atomic E-state index is 0.578. The molecule has 0 unspecified atom stereocenters. The Morgan fingerprint density at radius 2 is 1.00 bits per heavy atom. The lowest BCUT2D eigenvalue weighted by Crippen LogP contribution is -2.01. The first-order valence-electron chi connectivity index (χ1n) is 20.4. The molecular formula is C55H32N4OS. The van der Waals surface area contributed by atoms with Crippen LogP contribution in [0.15, 0.2) is 199 Å². The van der Waals surface area contributed by atoms with Gasteiger partial charge >= 0.3 is 0 Å². The van der Waals surface area contributed by atoms with E-state index in [1.54, 1.807) is 0 Å². The SMILES string of the molecule is c1ccc(-c2ccc(-c3nc(-c4ccccc4)nc(-c4cccc5c(-n6c7ccccc7c7ccc8c9ccccc9sc8c76)cc6c7ccccc7oc6c45)n3)cc2)cc1. The molecule has 0 spiro atoms. The van der Waals surface area contributed by atoms with Gasteiger partial charge in [-0.2, -0.15) is 0 Å². The summed E-state index contributed by atoms with van der Waals surface area (Å²) in [5.74, 6) is 1.79. The first-order valence-corrected chi connectivity index (χ1v) is 21.3. The molecule has 0 atom stereocenters. The van der Waals surface area contributed by atoms with E-state index >= 15 is 0 Å². The molecule has 13 rings (SSSR count). The number of nitrogens with zero attached hydrogens (tertiary/aromatic N) is 4. The summed E-state index contributed by atoms with van der Waals surface area (Å²) in [6.45, 7) is 0. The molecule has 4 heterocycles. The number of fused-ring (bicyclic) bond motifs is 12. The molecule has 0 saturated heterocycles. The van der Waals surface area contributed by atoms with Crippen molar-refractivity contribution in [1.82, 2.24) is 19.5 Å². The highest BCUT2D eigenvalue weighted by Crippen LogP contribution is 2.47. The molecule has 0 aliphatic rings. The van der Waals surface area contributed by atoms with Gasteiger partial charge in [0.15, 0.2) is 17.5 Å². The van der Waals surface area contributed by atoms with Gasteiger partial charge in [0, 0.05) is 64.5 Å². The maximum Gasteiger partial charge on any atom is 0.164 e. The monoisotopic (exact) mass is 796 g/mol. The number of hydrogen-bond donors (Lipinski definition) is 0. The van der Waals surface area contributed by atoms with Crippen LogP contribution in [0.4, 0.5) is 0 Å². The van der Waals surface area contributed by atoms with Crippen molar-refractivity contribution in [3.8, 4) is 51.0 Å². The molecular weight excluding hydrogens is 765 g/mol. The second kappa shape index (κ2) is 13.3. The fourth-order valence-electron chi connectivity index (χ4n) is 9.26. The average molecular weight is 797 g/mol. The first-order chi connectivity index (χ1) is 30.2. The number of rotatable bonds is 5. The van der Waals surface area contributed by atoms with Gasteiger partial charge in [-0.05, 0) is 35.4 Å². The minimum atomic E-state index is 0.578. The van der Waals surface area contributed by atoms with E-state index in [1.165, 1.54) is 36.5 Å². The third-order valence-corrected chi connectivity index (χ3v) is 13.3. The van der Waals surface area contributed by atoms with Gasteiger partial charge in [0.2, 0.25) is 0 Å². The van der Waals surface area contributed by atoms with Gasteiger partial charge < -0.3 is 8.98 Å². The zero-order valence-electron chi connectivity index (χ0n) is 32.6. The molecule has 61 heavy (non-hydrogen) atoms. The average Bonchev–Trinajstić information content (AvgIpc) is 4.01. The fraction of sp³-hybridized carbons (Fsp3) is 0. The van der Waals surface area contributed by atoms with Crippen molar-refractivity contribution in [3.05, 3.63) is 194 Å². The first kappa shape index (κ1) is 34.0. The van der Waals surface area contributed by atoms with Crippen LogP contribution in [-0.4, -0.2) is 19.5 Å². The molecule has 0 bridgehead atoms. The van der Waals surface area contributed by atoms with Crippen molar-refractivity contribution >= 4 is 86.0 Å². The maximum atomic E-state index is 6.89. The minimum Gasteiger partial charge on any atom is -0.455 e. The van der Waals surface area contributed by atoms with Crippen molar-refractivity contribution in [1.29, 1.82) is 0 Å². The molecule has 9 aromatic carbocycles. The van der Waals surface area contributed by atoms with Crippen molar-refractivity contribution in [2.45, 2.75) is 0 Å². The van der Waals surface area contributed by atoms with Crippen LogP contribution in [0.5, 0.6) is 0 Å². The Morgan fingerprint density at radius 3 is 1.80 bits per heavy atom. The van der Waals surface area contributed by atoms with E-state index in [4.69, 9.17) is 19.4 Å². The van der Waals surface area contributed by atoms with Crippen LogP contribution in [-0.2, 0) is 0 Å². The van der Waals surface area contributed by atoms with Gasteiger partial charge in [-0.3, -0.25) is 0 Å². The summed E-state index contributed by atoms with van der Waals surface area (Å²) < 4.78 is 11.9. The Labute approximate surface area is 353 Å². The Bertz CT molecular complexity index is 3870. The number of benzene rings is 9. The summed E-state index contributed by atoms with van der Waals surface area (Å²) in [4.78, 5) is 15.7. The van der Waals surface area contributed by atoms with Crippen molar-refractivity contribution in [2.75, 3.05) is 0 Å². The number of aromatic nitrogens is 4. The van der Waals surface area contributed by atoms with Gasteiger partial charge in [0.05, 0.1) is 21.4 Å².